The van der Waals surface area contributed by atoms with Crippen molar-refractivity contribution >= 4 is 5.91 Å². The molecule has 0 fully saturated rings. The standard InChI is InChI=1S/C23H30N2O3/c1-17(25-13-12-19-6-4-5-7-20(19)16-25)15-24-23(26)11-9-18-8-10-21(27-2)22(14-18)28-3/h4-8,10,14,17H,9,11-13,15-16H2,1-3H3,(H,24,26). The Morgan fingerprint density at radius 3 is 2.61 bits per heavy atom. The summed E-state index contributed by atoms with van der Waals surface area (Å²) in [4.78, 5) is 14.7. The largest absolute Gasteiger partial charge is 0.493 e. The van der Waals surface area contributed by atoms with Crippen molar-refractivity contribution in [2.75, 3.05) is 27.3 Å². The topological polar surface area (TPSA) is 50.8 Å². The molecule has 1 N–H and O–H groups in total. The van der Waals surface area contributed by atoms with Gasteiger partial charge in [-0.15, -0.1) is 0 Å². The molecule has 28 heavy (non-hydrogen) atoms. The molecule has 1 unspecified atom stereocenters. The third-order valence-electron chi connectivity index (χ3n) is 5.47. The van der Waals surface area contributed by atoms with Crippen molar-refractivity contribution in [3.05, 3.63) is 59.2 Å². The molecular formula is C23H30N2O3. The first-order chi connectivity index (χ1) is 13.6. The summed E-state index contributed by atoms with van der Waals surface area (Å²) in [5.41, 5.74) is 3.92. The summed E-state index contributed by atoms with van der Waals surface area (Å²) in [6.45, 7) is 4.86. The van der Waals surface area contributed by atoms with E-state index in [1.165, 1.54) is 11.1 Å². The molecule has 5 nitrogen and oxygen atoms in total. The quantitative estimate of drug-likeness (QED) is 0.762. The molecule has 2 aromatic carbocycles. The predicted molar refractivity (Wildman–Crippen MR) is 111 cm³/mol. The molecule has 2 aromatic rings. The normalized spacial score (nSPS) is 14.8. The minimum atomic E-state index is 0.0824. The molecule has 0 bridgehead atoms. The summed E-state index contributed by atoms with van der Waals surface area (Å²) in [5.74, 6) is 1.48. The van der Waals surface area contributed by atoms with Gasteiger partial charge in [0.1, 0.15) is 0 Å². The van der Waals surface area contributed by atoms with Crippen LogP contribution >= 0.6 is 0 Å². The van der Waals surface area contributed by atoms with Crippen molar-refractivity contribution in [1.29, 1.82) is 0 Å². The number of benzene rings is 2. The maximum absolute atomic E-state index is 12.3. The SMILES string of the molecule is COc1ccc(CCC(=O)NCC(C)N2CCc3ccccc3C2)cc1OC. The van der Waals surface area contributed by atoms with Gasteiger partial charge in [0, 0.05) is 32.1 Å². The summed E-state index contributed by atoms with van der Waals surface area (Å²) in [5, 5.41) is 3.09. The van der Waals surface area contributed by atoms with E-state index in [1.54, 1.807) is 14.2 Å². The van der Waals surface area contributed by atoms with E-state index < -0.39 is 0 Å². The first kappa shape index (κ1) is 20.2. The first-order valence-electron chi connectivity index (χ1n) is 9.89. The number of rotatable bonds is 8. The number of carbonyl (C=O) groups is 1. The van der Waals surface area contributed by atoms with E-state index >= 15 is 0 Å². The van der Waals surface area contributed by atoms with Crippen LogP contribution in [0, 0.1) is 0 Å². The van der Waals surface area contributed by atoms with Crippen molar-refractivity contribution in [2.45, 2.75) is 38.8 Å². The molecule has 5 heteroatoms. The summed E-state index contributed by atoms with van der Waals surface area (Å²) in [7, 11) is 3.24. The molecule has 0 saturated carbocycles. The summed E-state index contributed by atoms with van der Waals surface area (Å²) in [6, 6.07) is 14.7. The second-order valence-corrected chi connectivity index (χ2v) is 7.33. The Morgan fingerprint density at radius 2 is 1.86 bits per heavy atom. The van der Waals surface area contributed by atoms with Crippen LogP contribution in [0.5, 0.6) is 11.5 Å². The number of amides is 1. The van der Waals surface area contributed by atoms with E-state index in [2.05, 4.69) is 41.4 Å². The van der Waals surface area contributed by atoms with Crippen LogP contribution in [0.25, 0.3) is 0 Å². The molecule has 0 aromatic heterocycles. The Morgan fingerprint density at radius 1 is 1.11 bits per heavy atom. The van der Waals surface area contributed by atoms with Gasteiger partial charge >= 0.3 is 0 Å². The number of ether oxygens (including phenoxy) is 2. The Bertz CT molecular complexity index is 806. The maximum atomic E-state index is 12.3. The van der Waals surface area contributed by atoms with E-state index in [0.29, 0.717) is 36.9 Å². The molecule has 1 atom stereocenters. The number of aryl methyl sites for hydroxylation is 1. The van der Waals surface area contributed by atoms with E-state index in [9.17, 15) is 4.79 Å². The van der Waals surface area contributed by atoms with E-state index in [-0.39, 0.29) is 5.91 Å². The van der Waals surface area contributed by atoms with Crippen LogP contribution in [0.2, 0.25) is 0 Å². The number of fused-ring (bicyclic) bond motifs is 1. The smallest absolute Gasteiger partial charge is 0.220 e. The highest BCUT2D eigenvalue weighted by Crippen LogP contribution is 2.28. The van der Waals surface area contributed by atoms with Crippen molar-refractivity contribution < 1.29 is 14.3 Å². The fourth-order valence-corrected chi connectivity index (χ4v) is 3.67. The third-order valence-corrected chi connectivity index (χ3v) is 5.47. The lowest BCUT2D eigenvalue weighted by Gasteiger charge is -2.33. The zero-order chi connectivity index (χ0) is 19.9. The zero-order valence-electron chi connectivity index (χ0n) is 17.0. The Balaban J connectivity index is 1.44. The minimum Gasteiger partial charge on any atom is -0.493 e. The first-order valence-corrected chi connectivity index (χ1v) is 9.89. The summed E-state index contributed by atoms with van der Waals surface area (Å²) < 4.78 is 10.6. The molecule has 3 rings (SSSR count). The average molecular weight is 383 g/mol. The molecule has 1 aliphatic rings. The van der Waals surface area contributed by atoms with Crippen molar-refractivity contribution in [1.82, 2.24) is 10.2 Å². The number of methoxy groups -OCH3 is 2. The van der Waals surface area contributed by atoms with Crippen LogP contribution in [0.3, 0.4) is 0 Å². The highest BCUT2D eigenvalue weighted by molar-refractivity contribution is 5.76. The van der Waals surface area contributed by atoms with Gasteiger partial charge in [-0.25, -0.2) is 0 Å². The fraction of sp³-hybridized carbons (Fsp3) is 0.435. The van der Waals surface area contributed by atoms with Gasteiger partial charge in [-0.2, -0.15) is 0 Å². The molecule has 1 heterocycles. The van der Waals surface area contributed by atoms with Gasteiger partial charge in [0.25, 0.3) is 0 Å². The Labute approximate surface area is 167 Å². The second-order valence-electron chi connectivity index (χ2n) is 7.33. The van der Waals surface area contributed by atoms with E-state index in [4.69, 9.17) is 9.47 Å². The maximum Gasteiger partial charge on any atom is 0.220 e. The summed E-state index contributed by atoms with van der Waals surface area (Å²) in [6.07, 6.45) is 2.22. The number of carbonyl (C=O) groups excluding carboxylic acids is 1. The molecule has 0 aliphatic carbocycles. The minimum absolute atomic E-state index is 0.0824. The Hall–Kier alpha value is -2.53. The second kappa shape index (κ2) is 9.60. The van der Waals surface area contributed by atoms with Crippen molar-refractivity contribution in [3.8, 4) is 11.5 Å². The fourth-order valence-electron chi connectivity index (χ4n) is 3.67. The molecule has 150 valence electrons. The molecule has 0 spiro atoms. The van der Waals surface area contributed by atoms with E-state index in [1.807, 2.05) is 18.2 Å². The molecule has 1 aliphatic heterocycles. The number of hydrogen-bond donors (Lipinski definition) is 1. The predicted octanol–water partition coefficient (Wildman–Crippen LogP) is 3.20. The average Bonchev–Trinajstić information content (AvgIpc) is 2.75. The van der Waals surface area contributed by atoms with Crippen molar-refractivity contribution in [3.63, 3.8) is 0 Å². The Kier molecular flexibility index (Phi) is 6.93. The van der Waals surface area contributed by atoms with Gasteiger partial charge in [-0.3, -0.25) is 9.69 Å². The van der Waals surface area contributed by atoms with Crippen LogP contribution in [0.15, 0.2) is 42.5 Å². The highest BCUT2D eigenvalue weighted by Gasteiger charge is 2.20. The number of hydrogen-bond acceptors (Lipinski definition) is 4. The van der Waals surface area contributed by atoms with Crippen LogP contribution in [0.1, 0.15) is 30.0 Å². The van der Waals surface area contributed by atoms with Crippen LogP contribution in [0.4, 0.5) is 0 Å². The lowest BCUT2D eigenvalue weighted by atomic mass is 9.99. The lowest BCUT2D eigenvalue weighted by Crippen LogP contribution is -2.44. The van der Waals surface area contributed by atoms with Crippen LogP contribution in [-0.2, 0) is 24.2 Å². The molecule has 1 amide bonds. The van der Waals surface area contributed by atoms with Gasteiger partial charge in [-0.1, -0.05) is 30.3 Å². The lowest BCUT2D eigenvalue weighted by molar-refractivity contribution is -0.121. The van der Waals surface area contributed by atoms with Crippen LogP contribution < -0.4 is 14.8 Å². The van der Waals surface area contributed by atoms with Gasteiger partial charge in [-0.05, 0) is 48.6 Å². The highest BCUT2D eigenvalue weighted by atomic mass is 16.5. The van der Waals surface area contributed by atoms with Gasteiger partial charge in [0.15, 0.2) is 11.5 Å². The molecule has 0 saturated heterocycles. The van der Waals surface area contributed by atoms with Crippen LogP contribution in [-0.4, -0.2) is 44.2 Å². The van der Waals surface area contributed by atoms with E-state index in [0.717, 1.165) is 25.1 Å². The van der Waals surface area contributed by atoms with Gasteiger partial charge < -0.3 is 14.8 Å². The summed E-state index contributed by atoms with van der Waals surface area (Å²) >= 11 is 0. The van der Waals surface area contributed by atoms with Gasteiger partial charge in [0.05, 0.1) is 14.2 Å². The van der Waals surface area contributed by atoms with Crippen molar-refractivity contribution in [2.24, 2.45) is 0 Å². The zero-order valence-corrected chi connectivity index (χ0v) is 17.0. The molecule has 0 radical (unpaired) electrons. The number of nitrogens with one attached hydrogen (secondary N) is 1. The number of nitrogens with zero attached hydrogens (tertiary/aromatic N) is 1. The third kappa shape index (κ3) is 5.04. The monoisotopic (exact) mass is 382 g/mol. The van der Waals surface area contributed by atoms with Gasteiger partial charge in [0.2, 0.25) is 5.91 Å². The molecular weight excluding hydrogens is 352 g/mol.